The molecular formula is C15H20O6. The number of carbonyl (C=O) groups excluding carboxylic acids is 1. The highest BCUT2D eigenvalue weighted by Gasteiger charge is 2.46. The van der Waals surface area contributed by atoms with Crippen molar-refractivity contribution in [1.29, 1.82) is 0 Å². The highest BCUT2D eigenvalue weighted by atomic mass is 16.7. The van der Waals surface area contributed by atoms with E-state index in [9.17, 15) is 9.90 Å². The van der Waals surface area contributed by atoms with Gasteiger partial charge in [0.05, 0.1) is 11.7 Å². The maximum atomic E-state index is 12.1. The van der Waals surface area contributed by atoms with Crippen molar-refractivity contribution in [3.8, 4) is 0 Å². The Morgan fingerprint density at radius 1 is 1.14 bits per heavy atom. The van der Waals surface area contributed by atoms with Crippen molar-refractivity contribution >= 4 is 5.97 Å². The number of benzene rings is 1. The van der Waals surface area contributed by atoms with E-state index < -0.39 is 36.7 Å². The van der Waals surface area contributed by atoms with Gasteiger partial charge in [-0.1, -0.05) is 18.2 Å². The number of carbonyl (C=O) groups is 1. The molecular weight excluding hydrogens is 276 g/mol. The summed E-state index contributed by atoms with van der Waals surface area (Å²) >= 11 is 0. The summed E-state index contributed by atoms with van der Waals surface area (Å²) < 4.78 is 21.3. The van der Waals surface area contributed by atoms with Crippen molar-refractivity contribution in [2.75, 3.05) is 14.2 Å². The number of methoxy groups -OCH3 is 2. The zero-order valence-corrected chi connectivity index (χ0v) is 12.3. The molecule has 0 bridgehead atoms. The molecule has 0 saturated carbocycles. The van der Waals surface area contributed by atoms with Crippen molar-refractivity contribution in [3.05, 3.63) is 35.9 Å². The molecule has 1 aromatic rings. The summed E-state index contributed by atoms with van der Waals surface area (Å²) in [6.07, 6.45) is -3.74. The molecule has 6 heteroatoms. The van der Waals surface area contributed by atoms with Gasteiger partial charge in [-0.15, -0.1) is 0 Å². The molecule has 1 N–H and O–H groups in total. The molecule has 6 nitrogen and oxygen atoms in total. The minimum Gasteiger partial charge on any atom is -0.453 e. The van der Waals surface area contributed by atoms with E-state index >= 15 is 0 Å². The Morgan fingerprint density at radius 3 is 2.38 bits per heavy atom. The average Bonchev–Trinajstić information content (AvgIpc) is 2.51. The lowest BCUT2D eigenvalue weighted by molar-refractivity contribution is -0.289. The van der Waals surface area contributed by atoms with Gasteiger partial charge in [-0.3, -0.25) is 0 Å². The van der Waals surface area contributed by atoms with Crippen LogP contribution >= 0.6 is 0 Å². The predicted octanol–water partition coefficient (Wildman–Crippen LogP) is 0.979. The summed E-state index contributed by atoms with van der Waals surface area (Å²) in [6.45, 7) is 1.74. The van der Waals surface area contributed by atoms with E-state index in [0.717, 1.165) is 0 Å². The summed E-state index contributed by atoms with van der Waals surface area (Å²) in [5, 5.41) is 10.1. The number of rotatable bonds is 4. The molecule has 0 spiro atoms. The van der Waals surface area contributed by atoms with Gasteiger partial charge in [-0.2, -0.15) is 0 Å². The minimum atomic E-state index is -1.04. The minimum absolute atomic E-state index is 0.433. The molecule has 0 aliphatic carbocycles. The van der Waals surface area contributed by atoms with Crippen LogP contribution in [0.5, 0.6) is 0 Å². The van der Waals surface area contributed by atoms with E-state index in [4.69, 9.17) is 18.9 Å². The quantitative estimate of drug-likeness (QED) is 0.835. The van der Waals surface area contributed by atoms with Crippen molar-refractivity contribution < 1.29 is 28.8 Å². The molecule has 1 unspecified atom stereocenters. The van der Waals surface area contributed by atoms with Gasteiger partial charge in [0.15, 0.2) is 12.4 Å². The molecule has 1 saturated heterocycles. The monoisotopic (exact) mass is 296 g/mol. The van der Waals surface area contributed by atoms with E-state index in [1.807, 2.05) is 6.07 Å². The second-order valence-electron chi connectivity index (χ2n) is 4.87. The molecule has 0 radical (unpaired) electrons. The van der Waals surface area contributed by atoms with Crippen LogP contribution in [0.4, 0.5) is 0 Å². The second-order valence-corrected chi connectivity index (χ2v) is 4.87. The van der Waals surface area contributed by atoms with Gasteiger partial charge < -0.3 is 24.1 Å². The van der Waals surface area contributed by atoms with Gasteiger partial charge in [0.2, 0.25) is 0 Å². The number of ether oxygens (including phenoxy) is 4. The lowest BCUT2D eigenvalue weighted by atomic mass is 9.99. The van der Waals surface area contributed by atoms with Crippen LogP contribution in [-0.4, -0.2) is 56.0 Å². The van der Waals surface area contributed by atoms with Crippen LogP contribution in [0.3, 0.4) is 0 Å². The lowest BCUT2D eigenvalue weighted by Gasteiger charge is -2.41. The fraction of sp³-hybridized carbons (Fsp3) is 0.533. The van der Waals surface area contributed by atoms with E-state index in [2.05, 4.69) is 0 Å². The Morgan fingerprint density at radius 2 is 1.81 bits per heavy atom. The van der Waals surface area contributed by atoms with Crippen LogP contribution in [0.15, 0.2) is 30.3 Å². The zero-order valence-electron chi connectivity index (χ0n) is 12.3. The first kappa shape index (κ1) is 15.9. The third kappa shape index (κ3) is 3.41. The number of esters is 1. The summed E-state index contributed by atoms with van der Waals surface area (Å²) in [7, 11) is 2.88. The van der Waals surface area contributed by atoms with Gasteiger partial charge in [-0.25, -0.2) is 4.79 Å². The number of aliphatic hydroxyl groups excluding tert-OH is 1. The van der Waals surface area contributed by atoms with Crippen LogP contribution in [-0.2, 0) is 18.9 Å². The predicted molar refractivity (Wildman–Crippen MR) is 73.8 cm³/mol. The normalized spacial score (nSPS) is 32.7. The average molecular weight is 296 g/mol. The summed E-state index contributed by atoms with van der Waals surface area (Å²) in [4.78, 5) is 12.1. The molecule has 0 amide bonds. The van der Waals surface area contributed by atoms with Gasteiger partial charge in [0.25, 0.3) is 0 Å². The van der Waals surface area contributed by atoms with Crippen LogP contribution < -0.4 is 0 Å². The maximum absolute atomic E-state index is 12.1. The Balaban J connectivity index is 2.12. The Labute approximate surface area is 123 Å². The fourth-order valence-corrected chi connectivity index (χ4v) is 2.38. The molecule has 1 aliphatic heterocycles. The van der Waals surface area contributed by atoms with Crippen LogP contribution in [0, 0.1) is 0 Å². The topological polar surface area (TPSA) is 74.2 Å². The molecule has 1 aliphatic rings. The maximum Gasteiger partial charge on any atom is 0.338 e. The molecule has 1 fully saturated rings. The van der Waals surface area contributed by atoms with Crippen molar-refractivity contribution in [1.82, 2.24) is 0 Å². The number of hydrogen-bond acceptors (Lipinski definition) is 6. The Bertz CT molecular complexity index is 462. The highest BCUT2D eigenvalue weighted by molar-refractivity contribution is 5.89. The SMILES string of the molecule is COC1O[C@H](C)[C@@H](OC(=O)c2ccccc2)[C@H](OC)[C@H]1O. The fourth-order valence-electron chi connectivity index (χ4n) is 2.38. The van der Waals surface area contributed by atoms with Crippen LogP contribution in [0.1, 0.15) is 17.3 Å². The van der Waals surface area contributed by atoms with Gasteiger partial charge in [0.1, 0.15) is 12.2 Å². The van der Waals surface area contributed by atoms with E-state index in [-0.39, 0.29) is 0 Å². The molecule has 0 aromatic heterocycles. The molecule has 2 rings (SSSR count). The summed E-state index contributed by atoms with van der Waals surface area (Å²) in [5.74, 6) is -0.485. The van der Waals surface area contributed by atoms with E-state index in [0.29, 0.717) is 5.56 Å². The lowest BCUT2D eigenvalue weighted by Crippen LogP contribution is -2.59. The first-order valence-corrected chi connectivity index (χ1v) is 6.73. The number of aliphatic hydroxyl groups is 1. The zero-order chi connectivity index (χ0) is 15.4. The first-order chi connectivity index (χ1) is 10.1. The van der Waals surface area contributed by atoms with Crippen LogP contribution in [0.2, 0.25) is 0 Å². The van der Waals surface area contributed by atoms with Gasteiger partial charge >= 0.3 is 5.97 Å². The third-order valence-corrected chi connectivity index (χ3v) is 3.51. The van der Waals surface area contributed by atoms with Gasteiger partial charge in [0, 0.05) is 14.2 Å². The van der Waals surface area contributed by atoms with E-state index in [1.165, 1.54) is 14.2 Å². The largest absolute Gasteiger partial charge is 0.453 e. The number of hydrogen-bond donors (Lipinski definition) is 1. The molecule has 1 heterocycles. The smallest absolute Gasteiger partial charge is 0.338 e. The van der Waals surface area contributed by atoms with Crippen molar-refractivity contribution in [2.45, 2.75) is 37.6 Å². The molecule has 5 atom stereocenters. The standard InChI is InChI=1S/C15H20O6/c1-9-12(13(18-2)11(16)15(19-3)20-9)21-14(17)10-7-5-4-6-8-10/h4-9,11-13,15-16H,1-3H3/t9-,11-,12-,13-,15?/m1/s1. The second kappa shape index (κ2) is 7.00. The molecule has 116 valence electrons. The first-order valence-electron chi connectivity index (χ1n) is 6.73. The summed E-state index contributed by atoms with van der Waals surface area (Å²) in [6, 6.07) is 8.63. The highest BCUT2D eigenvalue weighted by Crippen LogP contribution is 2.26. The Hall–Kier alpha value is -1.47. The summed E-state index contributed by atoms with van der Waals surface area (Å²) in [5.41, 5.74) is 0.433. The van der Waals surface area contributed by atoms with Crippen molar-refractivity contribution in [2.24, 2.45) is 0 Å². The van der Waals surface area contributed by atoms with Crippen molar-refractivity contribution in [3.63, 3.8) is 0 Å². The Kier molecular flexibility index (Phi) is 5.30. The molecule has 21 heavy (non-hydrogen) atoms. The van der Waals surface area contributed by atoms with Gasteiger partial charge in [-0.05, 0) is 19.1 Å². The molecule has 1 aromatic carbocycles. The van der Waals surface area contributed by atoms with Crippen LogP contribution in [0.25, 0.3) is 0 Å². The van der Waals surface area contributed by atoms with E-state index in [1.54, 1.807) is 31.2 Å². The third-order valence-electron chi connectivity index (χ3n) is 3.51.